The molecule has 0 bridgehead atoms. The highest BCUT2D eigenvalue weighted by molar-refractivity contribution is 5.12. The highest BCUT2D eigenvalue weighted by atomic mass is 16.3. The molecule has 0 aromatic heterocycles. The van der Waals surface area contributed by atoms with Gasteiger partial charge in [-0.1, -0.05) is 0 Å². The second-order valence-electron chi connectivity index (χ2n) is 4.13. The Kier molecular flexibility index (Phi) is 3.28. The molecule has 2 N–H and O–H groups in total. The van der Waals surface area contributed by atoms with E-state index >= 15 is 0 Å². The summed E-state index contributed by atoms with van der Waals surface area (Å²) in [4.78, 5) is 0. The van der Waals surface area contributed by atoms with E-state index in [2.05, 4.69) is 5.73 Å². The summed E-state index contributed by atoms with van der Waals surface area (Å²) in [6, 6.07) is 0. The van der Waals surface area contributed by atoms with Crippen molar-refractivity contribution >= 4 is 0 Å². The molecule has 0 unspecified atom stereocenters. The van der Waals surface area contributed by atoms with Crippen LogP contribution in [0.5, 0.6) is 0 Å². The number of hydrogen-bond donors (Lipinski definition) is 2. The Balaban J connectivity index is 4.69. The van der Waals surface area contributed by atoms with Crippen LogP contribution in [0.4, 0.5) is 0 Å². The van der Waals surface area contributed by atoms with Gasteiger partial charge in [0.2, 0.25) is 0 Å². The lowest BCUT2D eigenvalue weighted by atomic mass is 10.00. The van der Waals surface area contributed by atoms with Crippen molar-refractivity contribution in [2.45, 2.75) is 45.8 Å². The Hall–Kier alpha value is -0.560. The fourth-order valence-electron chi connectivity index (χ4n) is 0.461. The van der Waals surface area contributed by atoms with Crippen molar-refractivity contribution in [3.63, 3.8) is 0 Å². The van der Waals surface area contributed by atoms with E-state index < -0.39 is 11.2 Å². The summed E-state index contributed by atoms with van der Waals surface area (Å²) >= 11 is 0. The summed E-state index contributed by atoms with van der Waals surface area (Å²) in [6.07, 6.45) is 1.54. The fraction of sp³-hybridized carbons (Fsp3) is 0.700. The van der Waals surface area contributed by atoms with Crippen LogP contribution in [0.3, 0.4) is 0 Å². The summed E-state index contributed by atoms with van der Waals surface area (Å²) in [5.41, 5.74) is 1.84. The summed E-state index contributed by atoms with van der Waals surface area (Å²) in [7, 11) is 0. The van der Waals surface area contributed by atoms with Gasteiger partial charge in [-0.3, -0.25) is 0 Å². The molecule has 0 saturated heterocycles. The van der Waals surface area contributed by atoms with E-state index in [1.54, 1.807) is 40.7 Å². The SMILES string of the molecule is CC(=C=CC(C)(C)O)C(C)(C)O. The number of hydrogen-bond acceptors (Lipinski definition) is 2. The molecular weight excluding hydrogens is 152 g/mol. The highest BCUT2D eigenvalue weighted by Gasteiger charge is 2.14. The molecule has 70 valence electrons. The number of rotatable bonds is 2. The van der Waals surface area contributed by atoms with Crippen molar-refractivity contribution in [3.8, 4) is 0 Å². The Morgan fingerprint density at radius 3 is 1.83 bits per heavy atom. The molecule has 0 aliphatic heterocycles. The van der Waals surface area contributed by atoms with E-state index in [4.69, 9.17) is 0 Å². The van der Waals surface area contributed by atoms with Crippen LogP contribution in [0, 0.1) is 0 Å². The highest BCUT2D eigenvalue weighted by Crippen LogP contribution is 2.13. The first kappa shape index (κ1) is 11.4. The van der Waals surface area contributed by atoms with Gasteiger partial charge in [0.25, 0.3) is 0 Å². The van der Waals surface area contributed by atoms with E-state index in [0.717, 1.165) is 0 Å². The zero-order valence-corrected chi connectivity index (χ0v) is 8.47. The summed E-state index contributed by atoms with van der Waals surface area (Å²) in [5, 5.41) is 18.8. The average Bonchev–Trinajstić information content (AvgIpc) is 1.78. The Labute approximate surface area is 74.2 Å². The Bertz CT molecular complexity index is 207. The summed E-state index contributed by atoms with van der Waals surface area (Å²) in [6.45, 7) is 8.48. The van der Waals surface area contributed by atoms with E-state index in [1.165, 1.54) is 0 Å². The normalized spacial score (nSPS) is 12.2. The Morgan fingerprint density at radius 1 is 1.17 bits per heavy atom. The summed E-state index contributed by atoms with van der Waals surface area (Å²) in [5.74, 6) is 0. The monoisotopic (exact) mass is 170 g/mol. The molecule has 2 nitrogen and oxygen atoms in total. The third kappa shape index (κ3) is 5.14. The van der Waals surface area contributed by atoms with Gasteiger partial charge in [0.15, 0.2) is 0 Å². The van der Waals surface area contributed by atoms with Gasteiger partial charge < -0.3 is 10.2 Å². The van der Waals surface area contributed by atoms with E-state index in [-0.39, 0.29) is 0 Å². The largest absolute Gasteiger partial charge is 0.386 e. The lowest BCUT2D eigenvalue weighted by Gasteiger charge is -2.16. The smallest absolute Gasteiger partial charge is 0.0871 e. The molecule has 0 aromatic rings. The maximum Gasteiger partial charge on any atom is 0.0871 e. The van der Waals surface area contributed by atoms with Gasteiger partial charge in [-0.2, -0.15) is 0 Å². The van der Waals surface area contributed by atoms with Gasteiger partial charge in [-0.25, -0.2) is 0 Å². The predicted octanol–water partition coefficient (Wildman–Crippen LogP) is 1.63. The second-order valence-corrected chi connectivity index (χ2v) is 4.13. The van der Waals surface area contributed by atoms with Crippen LogP contribution in [-0.2, 0) is 0 Å². The maximum atomic E-state index is 9.48. The fourth-order valence-corrected chi connectivity index (χ4v) is 0.461. The van der Waals surface area contributed by atoms with E-state index in [0.29, 0.717) is 5.57 Å². The van der Waals surface area contributed by atoms with Crippen LogP contribution >= 0.6 is 0 Å². The third-order valence-corrected chi connectivity index (χ3v) is 1.56. The standard InChI is InChI=1S/C10H18O2/c1-8(10(4,5)12)6-7-9(2,3)11/h7,11-12H,1-5H3. The van der Waals surface area contributed by atoms with Gasteiger partial charge in [0, 0.05) is 0 Å². The van der Waals surface area contributed by atoms with Crippen molar-refractivity contribution in [2.75, 3.05) is 0 Å². The van der Waals surface area contributed by atoms with Gasteiger partial charge in [0.1, 0.15) is 0 Å². The number of aliphatic hydroxyl groups is 2. The third-order valence-electron chi connectivity index (χ3n) is 1.56. The topological polar surface area (TPSA) is 40.5 Å². The average molecular weight is 170 g/mol. The predicted molar refractivity (Wildman–Crippen MR) is 49.9 cm³/mol. The molecule has 0 aromatic carbocycles. The van der Waals surface area contributed by atoms with Crippen LogP contribution in [0.2, 0.25) is 0 Å². The van der Waals surface area contributed by atoms with Crippen LogP contribution < -0.4 is 0 Å². The Morgan fingerprint density at radius 2 is 1.58 bits per heavy atom. The molecule has 0 aliphatic carbocycles. The molecule has 0 rings (SSSR count). The molecular formula is C10H18O2. The van der Waals surface area contributed by atoms with Gasteiger partial charge >= 0.3 is 0 Å². The maximum absolute atomic E-state index is 9.48. The summed E-state index contributed by atoms with van der Waals surface area (Å²) < 4.78 is 0. The van der Waals surface area contributed by atoms with Crippen molar-refractivity contribution < 1.29 is 10.2 Å². The first-order valence-corrected chi connectivity index (χ1v) is 4.02. The van der Waals surface area contributed by atoms with Gasteiger partial charge in [0.05, 0.1) is 11.2 Å². The molecule has 0 saturated carbocycles. The van der Waals surface area contributed by atoms with Crippen molar-refractivity contribution in [3.05, 3.63) is 17.4 Å². The molecule has 0 heterocycles. The first-order valence-electron chi connectivity index (χ1n) is 4.02. The molecule has 2 heteroatoms. The van der Waals surface area contributed by atoms with Gasteiger partial charge in [-0.05, 0) is 46.3 Å². The van der Waals surface area contributed by atoms with E-state index in [9.17, 15) is 10.2 Å². The molecule has 0 atom stereocenters. The van der Waals surface area contributed by atoms with Crippen molar-refractivity contribution in [2.24, 2.45) is 0 Å². The minimum absolute atomic E-state index is 0.713. The zero-order chi connectivity index (χ0) is 9.99. The molecule has 0 fully saturated rings. The van der Waals surface area contributed by atoms with E-state index in [1.807, 2.05) is 0 Å². The molecule has 0 aliphatic rings. The zero-order valence-electron chi connectivity index (χ0n) is 8.47. The first-order chi connectivity index (χ1) is 5.13. The van der Waals surface area contributed by atoms with Crippen LogP contribution in [-0.4, -0.2) is 21.4 Å². The van der Waals surface area contributed by atoms with Crippen LogP contribution in [0.15, 0.2) is 17.4 Å². The quantitative estimate of drug-likeness (QED) is 0.618. The minimum atomic E-state index is -0.869. The molecule has 0 spiro atoms. The molecule has 0 radical (unpaired) electrons. The van der Waals surface area contributed by atoms with Gasteiger partial charge in [-0.15, -0.1) is 5.73 Å². The van der Waals surface area contributed by atoms with Crippen molar-refractivity contribution in [1.29, 1.82) is 0 Å². The second kappa shape index (κ2) is 3.44. The molecule has 0 amide bonds. The van der Waals surface area contributed by atoms with Crippen LogP contribution in [0.1, 0.15) is 34.6 Å². The lowest BCUT2D eigenvalue weighted by molar-refractivity contribution is 0.119. The minimum Gasteiger partial charge on any atom is -0.386 e. The molecule has 12 heavy (non-hydrogen) atoms. The lowest BCUT2D eigenvalue weighted by Crippen LogP contribution is -2.20. The van der Waals surface area contributed by atoms with Crippen LogP contribution in [0.25, 0.3) is 0 Å². The van der Waals surface area contributed by atoms with Crippen molar-refractivity contribution in [1.82, 2.24) is 0 Å².